The van der Waals surface area contributed by atoms with E-state index < -0.39 is 0 Å². The standard InChI is InChI=1S/C28H38N4O3/c1-19-10-8-11-20(2)27(19)30-25(34)17-32(16-24(33)29-23-14-6-5-7-15-23)18-26(35)31-28-21(3)12-9-13-22(28)4/h8-13,23H,5-7,14-18H2,1-4H3,(H,29,33)(H,30,34)(H,31,35). The van der Waals surface area contributed by atoms with Crippen molar-refractivity contribution in [3.05, 3.63) is 58.7 Å². The van der Waals surface area contributed by atoms with Crippen LogP contribution in [0.5, 0.6) is 0 Å². The van der Waals surface area contributed by atoms with Crippen molar-refractivity contribution >= 4 is 29.1 Å². The Bertz CT molecular complexity index is 952. The molecule has 1 fully saturated rings. The number of nitrogens with one attached hydrogen (secondary N) is 3. The van der Waals surface area contributed by atoms with Crippen molar-refractivity contribution in [2.24, 2.45) is 0 Å². The van der Waals surface area contributed by atoms with E-state index in [2.05, 4.69) is 16.0 Å². The molecule has 0 atom stereocenters. The molecule has 35 heavy (non-hydrogen) atoms. The number of anilines is 2. The maximum Gasteiger partial charge on any atom is 0.238 e. The molecule has 0 bridgehead atoms. The van der Waals surface area contributed by atoms with E-state index in [1.165, 1.54) is 6.42 Å². The van der Waals surface area contributed by atoms with Gasteiger partial charge in [0, 0.05) is 17.4 Å². The summed E-state index contributed by atoms with van der Waals surface area (Å²) in [6.45, 7) is 7.62. The lowest BCUT2D eigenvalue weighted by Gasteiger charge is -2.26. The van der Waals surface area contributed by atoms with Crippen molar-refractivity contribution < 1.29 is 14.4 Å². The van der Waals surface area contributed by atoms with Gasteiger partial charge in [-0.05, 0) is 62.8 Å². The summed E-state index contributed by atoms with van der Waals surface area (Å²) in [4.78, 5) is 40.3. The van der Waals surface area contributed by atoms with Crippen molar-refractivity contribution in [3.8, 4) is 0 Å². The first kappa shape index (κ1) is 26.4. The van der Waals surface area contributed by atoms with Gasteiger partial charge < -0.3 is 16.0 Å². The third kappa shape index (κ3) is 7.92. The van der Waals surface area contributed by atoms with Gasteiger partial charge >= 0.3 is 0 Å². The molecule has 0 spiro atoms. The molecular weight excluding hydrogens is 440 g/mol. The second-order valence-corrected chi connectivity index (χ2v) is 9.68. The number of aryl methyl sites for hydroxylation is 4. The zero-order chi connectivity index (χ0) is 25.4. The quantitative estimate of drug-likeness (QED) is 0.503. The van der Waals surface area contributed by atoms with Crippen LogP contribution in [0.15, 0.2) is 36.4 Å². The smallest absolute Gasteiger partial charge is 0.238 e. The summed E-state index contributed by atoms with van der Waals surface area (Å²) in [5.74, 6) is -0.669. The van der Waals surface area contributed by atoms with E-state index >= 15 is 0 Å². The van der Waals surface area contributed by atoms with Gasteiger partial charge in [0.15, 0.2) is 0 Å². The Labute approximate surface area is 208 Å². The zero-order valence-corrected chi connectivity index (χ0v) is 21.4. The minimum Gasteiger partial charge on any atom is -0.352 e. The number of para-hydroxylation sites is 2. The number of carbonyl (C=O) groups is 3. The highest BCUT2D eigenvalue weighted by Gasteiger charge is 2.22. The summed E-state index contributed by atoms with van der Waals surface area (Å²) >= 11 is 0. The lowest BCUT2D eigenvalue weighted by molar-refractivity contribution is -0.125. The van der Waals surface area contributed by atoms with Gasteiger partial charge in [0.25, 0.3) is 0 Å². The van der Waals surface area contributed by atoms with Gasteiger partial charge in [-0.2, -0.15) is 0 Å². The first-order valence-corrected chi connectivity index (χ1v) is 12.5. The van der Waals surface area contributed by atoms with Gasteiger partial charge in [-0.15, -0.1) is 0 Å². The van der Waals surface area contributed by atoms with Crippen LogP contribution in [0, 0.1) is 27.7 Å². The molecule has 1 aliphatic rings. The van der Waals surface area contributed by atoms with Crippen LogP contribution in [0.3, 0.4) is 0 Å². The van der Waals surface area contributed by atoms with Gasteiger partial charge in [-0.3, -0.25) is 19.3 Å². The molecule has 0 heterocycles. The monoisotopic (exact) mass is 478 g/mol. The minimum atomic E-state index is -0.257. The van der Waals surface area contributed by atoms with Crippen LogP contribution in [0.2, 0.25) is 0 Å². The number of nitrogens with zero attached hydrogens (tertiary/aromatic N) is 1. The second-order valence-electron chi connectivity index (χ2n) is 9.68. The predicted octanol–water partition coefficient (Wildman–Crippen LogP) is 4.25. The zero-order valence-electron chi connectivity index (χ0n) is 21.4. The van der Waals surface area contributed by atoms with Crippen molar-refractivity contribution in [2.45, 2.75) is 65.8 Å². The molecule has 7 heteroatoms. The average molecular weight is 479 g/mol. The second kappa shape index (κ2) is 12.5. The summed E-state index contributed by atoms with van der Waals surface area (Å²) in [7, 11) is 0. The molecule has 7 nitrogen and oxygen atoms in total. The highest BCUT2D eigenvalue weighted by molar-refractivity contribution is 5.96. The number of benzene rings is 2. The van der Waals surface area contributed by atoms with Crippen molar-refractivity contribution in [2.75, 3.05) is 30.3 Å². The van der Waals surface area contributed by atoms with Crippen LogP contribution < -0.4 is 16.0 Å². The first-order chi connectivity index (χ1) is 16.7. The predicted molar refractivity (Wildman–Crippen MR) is 141 cm³/mol. The molecule has 0 unspecified atom stereocenters. The number of hydrogen-bond acceptors (Lipinski definition) is 4. The van der Waals surface area contributed by atoms with Crippen LogP contribution in [-0.2, 0) is 14.4 Å². The third-order valence-electron chi connectivity index (χ3n) is 6.56. The summed E-state index contributed by atoms with van der Waals surface area (Å²) in [5.41, 5.74) is 5.40. The SMILES string of the molecule is Cc1cccc(C)c1NC(=O)CN(CC(=O)Nc1c(C)cccc1C)CC(=O)NC1CCCCC1. The Morgan fingerprint density at radius 1 is 0.686 bits per heavy atom. The summed E-state index contributed by atoms with van der Waals surface area (Å²) in [6.07, 6.45) is 5.39. The number of carbonyl (C=O) groups excluding carboxylic acids is 3. The lowest BCUT2D eigenvalue weighted by atomic mass is 9.95. The van der Waals surface area contributed by atoms with E-state index in [0.29, 0.717) is 0 Å². The molecular formula is C28H38N4O3. The fourth-order valence-electron chi connectivity index (χ4n) is 4.68. The van der Waals surface area contributed by atoms with Crippen LogP contribution >= 0.6 is 0 Å². The molecule has 0 saturated heterocycles. The number of hydrogen-bond donors (Lipinski definition) is 3. The molecule has 1 saturated carbocycles. The largest absolute Gasteiger partial charge is 0.352 e. The van der Waals surface area contributed by atoms with E-state index in [9.17, 15) is 14.4 Å². The fraction of sp³-hybridized carbons (Fsp3) is 0.464. The molecule has 3 amide bonds. The molecule has 3 N–H and O–H groups in total. The molecule has 2 aromatic carbocycles. The summed E-state index contributed by atoms with van der Waals surface area (Å²) in [5, 5.41) is 9.01. The molecule has 188 valence electrons. The normalized spacial score (nSPS) is 14.0. The third-order valence-corrected chi connectivity index (χ3v) is 6.56. The molecule has 0 aromatic heterocycles. The maximum absolute atomic E-state index is 12.9. The highest BCUT2D eigenvalue weighted by atomic mass is 16.2. The minimum absolute atomic E-state index is 0.0170. The Morgan fingerprint density at radius 2 is 1.09 bits per heavy atom. The van der Waals surface area contributed by atoms with E-state index in [4.69, 9.17) is 0 Å². The first-order valence-electron chi connectivity index (χ1n) is 12.5. The van der Waals surface area contributed by atoms with Crippen LogP contribution in [0.4, 0.5) is 11.4 Å². The fourth-order valence-corrected chi connectivity index (χ4v) is 4.68. The maximum atomic E-state index is 12.9. The Morgan fingerprint density at radius 3 is 1.51 bits per heavy atom. The van der Waals surface area contributed by atoms with E-state index in [0.717, 1.165) is 59.3 Å². The Balaban J connectivity index is 1.68. The summed E-state index contributed by atoms with van der Waals surface area (Å²) < 4.78 is 0. The van der Waals surface area contributed by atoms with Crippen molar-refractivity contribution in [1.82, 2.24) is 10.2 Å². The van der Waals surface area contributed by atoms with E-state index in [1.807, 2.05) is 64.1 Å². The van der Waals surface area contributed by atoms with Gasteiger partial charge in [0.1, 0.15) is 0 Å². The van der Waals surface area contributed by atoms with Gasteiger partial charge in [-0.25, -0.2) is 0 Å². The molecule has 3 rings (SSSR count). The van der Waals surface area contributed by atoms with Gasteiger partial charge in [0.05, 0.1) is 19.6 Å². The van der Waals surface area contributed by atoms with Crippen LogP contribution in [0.25, 0.3) is 0 Å². The average Bonchev–Trinajstić information content (AvgIpc) is 2.79. The number of rotatable bonds is 9. The van der Waals surface area contributed by atoms with Gasteiger partial charge in [0.2, 0.25) is 17.7 Å². The van der Waals surface area contributed by atoms with Crippen molar-refractivity contribution in [3.63, 3.8) is 0 Å². The Kier molecular flexibility index (Phi) is 9.43. The Hall–Kier alpha value is -3.19. The van der Waals surface area contributed by atoms with Crippen LogP contribution in [0.1, 0.15) is 54.4 Å². The van der Waals surface area contributed by atoms with E-state index in [-0.39, 0.29) is 43.4 Å². The van der Waals surface area contributed by atoms with E-state index in [1.54, 1.807) is 4.90 Å². The summed E-state index contributed by atoms with van der Waals surface area (Å²) in [6, 6.07) is 11.8. The number of amides is 3. The lowest BCUT2D eigenvalue weighted by Crippen LogP contribution is -2.47. The molecule has 2 aromatic rings. The van der Waals surface area contributed by atoms with Crippen molar-refractivity contribution in [1.29, 1.82) is 0 Å². The van der Waals surface area contributed by atoms with Gasteiger partial charge in [-0.1, -0.05) is 55.7 Å². The molecule has 0 aliphatic heterocycles. The van der Waals surface area contributed by atoms with Crippen LogP contribution in [-0.4, -0.2) is 48.3 Å². The highest BCUT2D eigenvalue weighted by Crippen LogP contribution is 2.21. The molecule has 1 aliphatic carbocycles. The molecule has 0 radical (unpaired) electrons. The topological polar surface area (TPSA) is 90.5 Å².